The highest BCUT2D eigenvalue weighted by molar-refractivity contribution is 6.30. The number of rotatable bonds is 10. The number of nitrogens with two attached hydrogens (primary N) is 1. The number of nitrogens with one attached hydrogen (secondary N) is 2. The lowest BCUT2D eigenvalue weighted by Gasteiger charge is -2.14. The molecule has 38 heavy (non-hydrogen) atoms. The van der Waals surface area contributed by atoms with Crippen molar-refractivity contribution in [2.45, 2.75) is 32.2 Å². The van der Waals surface area contributed by atoms with Gasteiger partial charge in [0.2, 0.25) is 11.3 Å². The van der Waals surface area contributed by atoms with Gasteiger partial charge in [-0.3, -0.25) is 14.4 Å². The Morgan fingerprint density at radius 1 is 0.974 bits per heavy atom. The Kier molecular flexibility index (Phi) is 8.66. The second-order valence-corrected chi connectivity index (χ2v) is 9.29. The first-order valence-corrected chi connectivity index (χ1v) is 12.7. The highest BCUT2D eigenvalue weighted by atomic mass is 35.5. The van der Waals surface area contributed by atoms with E-state index in [1.54, 1.807) is 54.7 Å². The van der Waals surface area contributed by atoms with Crippen LogP contribution in [0.4, 0.5) is 17.1 Å². The summed E-state index contributed by atoms with van der Waals surface area (Å²) in [5, 5.41) is 6.54. The Balaban J connectivity index is 1.46. The molecule has 4 aromatic rings. The van der Waals surface area contributed by atoms with Gasteiger partial charge in [0.1, 0.15) is 11.3 Å². The number of halogens is 1. The van der Waals surface area contributed by atoms with E-state index in [0.29, 0.717) is 58.1 Å². The molecule has 0 fully saturated rings. The van der Waals surface area contributed by atoms with E-state index >= 15 is 0 Å². The molecule has 0 unspecified atom stereocenters. The molecule has 4 rings (SSSR count). The van der Waals surface area contributed by atoms with Gasteiger partial charge in [0, 0.05) is 29.9 Å². The predicted molar refractivity (Wildman–Crippen MR) is 152 cm³/mol. The number of amides is 2. The first-order chi connectivity index (χ1) is 18.4. The summed E-state index contributed by atoms with van der Waals surface area (Å²) in [6, 6.07) is 19.1. The van der Waals surface area contributed by atoms with Crippen molar-refractivity contribution in [3.05, 3.63) is 93.7 Å². The maximum atomic E-state index is 13.3. The molecule has 2 amide bonds. The molecule has 1 heterocycles. The molecule has 0 atom stereocenters. The van der Waals surface area contributed by atoms with Gasteiger partial charge in [-0.15, -0.1) is 0 Å². The maximum Gasteiger partial charge on any atom is 0.261 e. The highest BCUT2D eigenvalue weighted by Gasteiger charge is 2.17. The van der Waals surface area contributed by atoms with Gasteiger partial charge in [-0.1, -0.05) is 30.2 Å². The first-order valence-electron chi connectivity index (χ1n) is 12.3. The molecule has 0 aliphatic carbocycles. The van der Waals surface area contributed by atoms with E-state index in [2.05, 4.69) is 10.6 Å². The Morgan fingerprint density at radius 2 is 1.74 bits per heavy atom. The minimum absolute atomic E-state index is 0.0283. The predicted octanol–water partition coefficient (Wildman–Crippen LogP) is 5.70. The van der Waals surface area contributed by atoms with Gasteiger partial charge in [0.25, 0.3) is 5.91 Å². The van der Waals surface area contributed by atoms with Crippen LogP contribution in [0.15, 0.2) is 77.7 Å². The van der Waals surface area contributed by atoms with Crippen LogP contribution in [0.1, 0.15) is 36.0 Å². The standard InChI is InChI=1S/C29H29ClN4O4/c1-38-21-14-15-26-22(17-21)28(36)23(29(37)32-20-12-10-19(30)11-13-20)18-34(26)16-6-2-3-9-27(35)33-25-8-5-4-7-24(25)31/h4-5,7-8,10-15,17-18H,2-3,6,9,16,31H2,1H3,(H,32,37)(H,33,35). The lowest BCUT2D eigenvalue weighted by molar-refractivity contribution is -0.116. The quantitative estimate of drug-likeness (QED) is 0.179. The number of nitrogen functional groups attached to an aromatic ring is 1. The van der Waals surface area contributed by atoms with E-state index < -0.39 is 5.91 Å². The molecule has 0 saturated heterocycles. The largest absolute Gasteiger partial charge is 0.497 e. The van der Waals surface area contributed by atoms with Gasteiger partial charge < -0.3 is 25.7 Å². The van der Waals surface area contributed by atoms with Crippen LogP contribution in [0.5, 0.6) is 5.75 Å². The van der Waals surface area contributed by atoms with E-state index in [0.717, 1.165) is 12.8 Å². The Hall–Kier alpha value is -4.30. The number of para-hydroxylation sites is 2. The molecule has 196 valence electrons. The fraction of sp³-hybridized carbons (Fsp3) is 0.207. The van der Waals surface area contributed by atoms with Crippen LogP contribution in [0.2, 0.25) is 5.02 Å². The van der Waals surface area contributed by atoms with E-state index in [4.69, 9.17) is 22.1 Å². The summed E-state index contributed by atoms with van der Waals surface area (Å²) in [7, 11) is 1.53. The van der Waals surface area contributed by atoms with Crippen LogP contribution >= 0.6 is 11.6 Å². The summed E-state index contributed by atoms with van der Waals surface area (Å²) in [5.74, 6) is -0.0703. The number of benzene rings is 3. The van der Waals surface area contributed by atoms with Crippen molar-refractivity contribution in [2.75, 3.05) is 23.5 Å². The van der Waals surface area contributed by atoms with Crippen LogP contribution < -0.4 is 26.5 Å². The third-order valence-electron chi connectivity index (χ3n) is 6.17. The summed E-state index contributed by atoms with van der Waals surface area (Å²) < 4.78 is 7.20. The van der Waals surface area contributed by atoms with Crippen LogP contribution in [-0.2, 0) is 11.3 Å². The summed E-state index contributed by atoms with van der Waals surface area (Å²) in [5.41, 5.74) is 7.91. The van der Waals surface area contributed by atoms with Crippen LogP contribution in [-0.4, -0.2) is 23.5 Å². The molecule has 8 nitrogen and oxygen atoms in total. The topological polar surface area (TPSA) is 115 Å². The molecule has 0 spiro atoms. The molecule has 0 bridgehead atoms. The number of anilines is 3. The number of unbranched alkanes of at least 4 members (excludes halogenated alkanes) is 2. The van der Waals surface area contributed by atoms with Crippen molar-refractivity contribution < 1.29 is 14.3 Å². The number of carbonyl (C=O) groups excluding carboxylic acids is 2. The van der Waals surface area contributed by atoms with Crippen LogP contribution in [0.3, 0.4) is 0 Å². The van der Waals surface area contributed by atoms with Crippen molar-refractivity contribution in [1.82, 2.24) is 4.57 Å². The number of hydrogen-bond acceptors (Lipinski definition) is 5. The maximum absolute atomic E-state index is 13.3. The van der Waals surface area contributed by atoms with Gasteiger partial charge in [-0.25, -0.2) is 0 Å². The fourth-order valence-electron chi connectivity index (χ4n) is 4.15. The third-order valence-corrected chi connectivity index (χ3v) is 6.42. The highest BCUT2D eigenvalue weighted by Crippen LogP contribution is 2.21. The average Bonchev–Trinajstić information content (AvgIpc) is 2.92. The number of carbonyl (C=O) groups is 2. The number of nitrogens with zero attached hydrogens (tertiary/aromatic N) is 1. The molecule has 0 aliphatic heterocycles. The smallest absolute Gasteiger partial charge is 0.261 e. The second kappa shape index (κ2) is 12.3. The van der Waals surface area contributed by atoms with Gasteiger partial charge in [-0.2, -0.15) is 0 Å². The Bertz CT molecular complexity index is 1520. The SMILES string of the molecule is COc1ccc2c(c1)c(=O)c(C(=O)Nc1ccc(Cl)cc1)cn2CCCCCC(=O)Nc1ccccc1N. The minimum Gasteiger partial charge on any atom is -0.497 e. The summed E-state index contributed by atoms with van der Waals surface area (Å²) in [6.07, 6.45) is 4.18. The molecule has 0 saturated carbocycles. The Labute approximate surface area is 225 Å². The molecular weight excluding hydrogens is 504 g/mol. The summed E-state index contributed by atoms with van der Waals surface area (Å²) in [6.45, 7) is 0.567. The molecule has 0 radical (unpaired) electrons. The lowest BCUT2D eigenvalue weighted by atomic mass is 10.1. The number of fused-ring (bicyclic) bond motifs is 1. The number of hydrogen-bond donors (Lipinski definition) is 3. The molecule has 9 heteroatoms. The van der Waals surface area contributed by atoms with Gasteiger partial charge >= 0.3 is 0 Å². The normalized spacial score (nSPS) is 10.8. The minimum atomic E-state index is -0.507. The van der Waals surface area contributed by atoms with Crippen molar-refractivity contribution in [3.8, 4) is 5.75 Å². The lowest BCUT2D eigenvalue weighted by Crippen LogP contribution is -2.24. The van der Waals surface area contributed by atoms with E-state index in [1.807, 2.05) is 22.8 Å². The summed E-state index contributed by atoms with van der Waals surface area (Å²) >= 11 is 5.93. The van der Waals surface area contributed by atoms with Crippen LogP contribution in [0, 0.1) is 0 Å². The molecule has 4 N–H and O–H groups in total. The monoisotopic (exact) mass is 532 g/mol. The van der Waals surface area contributed by atoms with Crippen LogP contribution in [0.25, 0.3) is 10.9 Å². The van der Waals surface area contributed by atoms with Gasteiger partial charge in [0.15, 0.2) is 0 Å². The number of methoxy groups -OCH3 is 1. The number of ether oxygens (including phenoxy) is 1. The zero-order chi connectivity index (χ0) is 27.1. The molecule has 0 aliphatic rings. The number of pyridine rings is 1. The van der Waals surface area contributed by atoms with E-state index in [9.17, 15) is 14.4 Å². The van der Waals surface area contributed by atoms with Crippen molar-refractivity contribution >= 4 is 51.4 Å². The molecular formula is C29H29ClN4O4. The summed E-state index contributed by atoms with van der Waals surface area (Å²) in [4.78, 5) is 38.6. The van der Waals surface area contributed by atoms with E-state index in [1.165, 1.54) is 7.11 Å². The number of aryl methyl sites for hydroxylation is 1. The zero-order valence-corrected chi connectivity index (χ0v) is 21.8. The van der Waals surface area contributed by atoms with Crippen molar-refractivity contribution in [1.29, 1.82) is 0 Å². The van der Waals surface area contributed by atoms with E-state index in [-0.39, 0.29) is 16.9 Å². The van der Waals surface area contributed by atoms with Crippen molar-refractivity contribution in [2.24, 2.45) is 0 Å². The second-order valence-electron chi connectivity index (χ2n) is 8.86. The molecule has 1 aromatic heterocycles. The zero-order valence-electron chi connectivity index (χ0n) is 21.0. The van der Waals surface area contributed by atoms with Crippen molar-refractivity contribution in [3.63, 3.8) is 0 Å². The third kappa shape index (κ3) is 6.52. The number of aromatic nitrogens is 1. The fourth-order valence-corrected chi connectivity index (χ4v) is 4.28. The average molecular weight is 533 g/mol. The molecule has 3 aromatic carbocycles. The van der Waals surface area contributed by atoms with Gasteiger partial charge in [-0.05, 0) is 67.4 Å². The van der Waals surface area contributed by atoms with Gasteiger partial charge in [0.05, 0.1) is 29.4 Å². The Morgan fingerprint density at radius 3 is 2.47 bits per heavy atom. The first kappa shape index (κ1) is 26.8.